The van der Waals surface area contributed by atoms with Gasteiger partial charge in [-0.1, -0.05) is 0 Å². The molecule has 0 aromatic carbocycles. The molecule has 10 heteroatoms. The topological polar surface area (TPSA) is 127 Å². The van der Waals surface area contributed by atoms with Crippen molar-refractivity contribution in [3.05, 3.63) is 29.2 Å². The van der Waals surface area contributed by atoms with Gasteiger partial charge in [-0.05, 0) is 43.9 Å². The second kappa shape index (κ2) is 7.99. The number of hydrazine groups is 1. The van der Waals surface area contributed by atoms with Crippen molar-refractivity contribution < 1.29 is 14.0 Å². The molecule has 8 nitrogen and oxygen atoms in total. The van der Waals surface area contributed by atoms with Gasteiger partial charge in [-0.2, -0.15) is 4.37 Å². The number of rotatable bonds is 8. The van der Waals surface area contributed by atoms with Crippen LogP contribution in [0.4, 0.5) is 21.0 Å². The highest BCUT2D eigenvalue weighted by molar-refractivity contribution is 7.10. The number of hydrogen-bond donors (Lipinski definition) is 3. The van der Waals surface area contributed by atoms with Crippen LogP contribution in [-0.2, 0) is 4.79 Å². The molecule has 1 amide bonds. The van der Waals surface area contributed by atoms with E-state index in [0.29, 0.717) is 17.8 Å². The Hall–Kier alpha value is -2.59. The van der Waals surface area contributed by atoms with Crippen molar-refractivity contribution in [2.75, 3.05) is 10.3 Å². The average molecular weight is 366 g/mol. The van der Waals surface area contributed by atoms with Gasteiger partial charge in [0, 0.05) is 12.5 Å². The van der Waals surface area contributed by atoms with Crippen LogP contribution >= 0.6 is 11.5 Å². The van der Waals surface area contributed by atoms with Crippen LogP contribution in [0.3, 0.4) is 0 Å². The number of nitrogens with two attached hydrogens (primary N) is 2. The minimum Gasteiger partial charge on any atom is -0.365 e. The van der Waals surface area contributed by atoms with E-state index in [4.69, 9.17) is 11.6 Å². The Balaban J connectivity index is 2.39. The lowest BCUT2D eigenvalue weighted by Crippen LogP contribution is -2.41. The van der Waals surface area contributed by atoms with Gasteiger partial charge in [0.1, 0.15) is 17.1 Å². The van der Waals surface area contributed by atoms with Crippen LogP contribution in [0.1, 0.15) is 35.8 Å². The van der Waals surface area contributed by atoms with Gasteiger partial charge < -0.3 is 15.8 Å². The summed E-state index contributed by atoms with van der Waals surface area (Å²) in [7, 11) is 0. The molecule has 0 spiro atoms. The first-order chi connectivity index (χ1) is 11.8. The van der Waals surface area contributed by atoms with E-state index in [2.05, 4.69) is 14.7 Å². The van der Waals surface area contributed by atoms with Crippen molar-refractivity contribution in [2.45, 2.75) is 32.7 Å². The molecule has 0 fully saturated rings. The van der Waals surface area contributed by atoms with Crippen LogP contribution in [0.2, 0.25) is 0 Å². The van der Waals surface area contributed by atoms with Crippen LogP contribution in [0.5, 0.6) is 0 Å². The van der Waals surface area contributed by atoms with Gasteiger partial charge >= 0.3 is 0 Å². The molecule has 2 rings (SSSR count). The molecule has 134 valence electrons. The average Bonchev–Trinajstić information content (AvgIpc) is 2.97. The Morgan fingerprint density at radius 1 is 1.52 bits per heavy atom. The number of nitrogens with zero attached hydrogens (tertiary/aromatic N) is 3. The number of pyridine rings is 1. The maximum absolute atomic E-state index is 14.4. The maximum Gasteiger partial charge on any atom is 0.252 e. The van der Waals surface area contributed by atoms with Crippen LogP contribution in [0, 0.1) is 12.7 Å². The molecule has 0 saturated carbocycles. The van der Waals surface area contributed by atoms with Crippen molar-refractivity contribution in [3.8, 4) is 0 Å². The molecule has 0 aliphatic heterocycles. The van der Waals surface area contributed by atoms with Crippen LogP contribution < -0.4 is 21.9 Å². The summed E-state index contributed by atoms with van der Waals surface area (Å²) in [6.07, 6.45) is 1.50. The van der Waals surface area contributed by atoms with Crippen molar-refractivity contribution in [3.63, 3.8) is 0 Å². The van der Waals surface area contributed by atoms with E-state index in [0.717, 1.165) is 23.1 Å². The Kier molecular flexibility index (Phi) is 5.99. The van der Waals surface area contributed by atoms with E-state index >= 15 is 0 Å². The molecule has 0 bridgehead atoms. The molecule has 0 saturated heterocycles. The Morgan fingerprint density at radius 3 is 2.80 bits per heavy atom. The van der Waals surface area contributed by atoms with Crippen LogP contribution in [-0.4, -0.2) is 27.6 Å². The molecule has 0 unspecified atom stereocenters. The minimum absolute atomic E-state index is 0.0885. The fourth-order valence-corrected chi connectivity index (χ4v) is 2.80. The first-order valence-electron chi connectivity index (χ1n) is 7.51. The summed E-state index contributed by atoms with van der Waals surface area (Å²) in [5, 5.41) is 4.68. The first-order valence-corrected chi connectivity index (χ1v) is 8.29. The molecule has 1 atom stereocenters. The Bertz CT molecular complexity index is 781. The number of halogens is 1. The summed E-state index contributed by atoms with van der Waals surface area (Å²) in [4.78, 5) is 26.2. The van der Waals surface area contributed by atoms with Gasteiger partial charge in [0.2, 0.25) is 0 Å². The monoisotopic (exact) mass is 366 g/mol. The van der Waals surface area contributed by atoms with E-state index in [1.165, 1.54) is 11.5 Å². The normalized spacial score (nSPS) is 11.8. The molecule has 2 aromatic heterocycles. The third-order valence-corrected chi connectivity index (χ3v) is 4.31. The molecule has 5 N–H and O–H groups in total. The standard InChI is InChI=1S/C15H19FN6O2S/c1-8-6-12(25-21-8)19-14-10(13(17)24)7-11(16)15(20-14)22(18)9(2)4-3-5-23/h5-7,9H,3-4,18H2,1-2H3,(H2,17,24)(H,19,20)/t9-/m1/s1. The van der Waals surface area contributed by atoms with Crippen LogP contribution in [0.25, 0.3) is 0 Å². The van der Waals surface area contributed by atoms with Gasteiger partial charge in [-0.3, -0.25) is 9.80 Å². The Labute approximate surface area is 148 Å². The highest BCUT2D eigenvalue weighted by atomic mass is 32.1. The molecule has 0 aliphatic carbocycles. The number of aldehydes is 1. The van der Waals surface area contributed by atoms with Gasteiger partial charge in [0.15, 0.2) is 11.6 Å². The van der Waals surface area contributed by atoms with Gasteiger partial charge in [-0.15, -0.1) is 0 Å². The molecular formula is C15H19FN6O2S. The fraction of sp³-hybridized carbons (Fsp3) is 0.333. The zero-order valence-electron chi connectivity index (χ0n) is 13.8. The molecule has 2 aromatic rings. The number of hydrogen-bond acceptors (Lipinski definition) is 8. The first kappa shape index (κ1) is 18.7. The van der Waals surface area contributed by atoms with E-state index in [-0.39, 0.29) is 23.2 Å². The minimum atomic E-state index is -0.820. The number of primary amides is 1. The number of aryl methyl sites for hydroxylation is 1. The number of nitrogens with one attached hydrogen (secondary N) is 1. The number of anilines is 3. The molecule has 25 heavy (non-hydrogen) atoms. The van der Waals surface area contributed by atoms with Crippen molar-refractivity contribution in [1.82, 2.24) is 9.36 Å². The maximum atomic E-state index is 14.4. The largest absolute Gasteiger partial charge is 0.365 e. The highest BCUT2D eigenvalue weighted by Crippen LogP contribution is 2.27. The van der Waals surface area contributed by atoms with Crippen LogP contribution in [0.15, 0.2) is 12.1 Å². The number of amides is 1. The van der Waals surface area contributed by atoms with Gasteiger partial charge in [-0.25, -0.2) is 15.2 Å². The highest BCUT2D eigenvalue weighted by Gasteiger charge is 2.21. The molecular weight excluding hydrogens is 347 g/mol. The predicted molar refractivity (Wildman–Crippen MR) is 94.3 cm³/mol. The van der Waals surface area contributed by atoms with Crippen molar-refractivity contribution >= 4 is 40.4 Å². The zero-order valence-corrected chi connectivity index (χ0v) is 14.6. The number of carbonyl (C=O) groups is 2. The predicted octanol–water partition coefficient (Wildman–Crippen LogP) is 1.88. The van der Waals surface area contributed by atoms with Gasteiger partial charge in [0.05, 0.1) is 11.3 Å². The zero-order chi connectivity index (χ0) is 18.6. The van der Waals surface area contributed by atoms with Gasteiger partial charge in [0.25, 0.3) is 5.91 Å². The SMILES string of the molecule is Cc1cc(Nc2nc(N(N)[C@H](C)CCC=O)c(F)cc2C(N)=O)sn1. The molecule has 0 aliphatic rings. The van der Waals surface area contributed by atoms with E-state index in [1.54, 1.807) is 13.0 Å². The lowest BCUT2D eigenvalue weighted by molar-refractivity contribution is -0.108. The molecule has 0 radical (unpaired) electrons. The summed E-state index contributed by atoms with van der Waals surface area (Å²) in [6, 6.07) is 2.42. The van der Waals surface area contributed by atoms with E-state index < -0.39 is 11.7 Å². The third-order valence-electron chi connectivity index (χ3n) is 3.51. The second-order valence-corrected chi connectivity index (χ2v) is 6.32. The summed E-state index contributed by atoms with van der Waals surface area (Å²) in [5.74, 6) is 4.28. The summed E-state index contributed by atoms with van der Waals surface area (Å²) >= 11 is 1.17. The summed E-state index contributed by atoms with van der Waals surface area (Å²) in [6.45, 7) is 3.56. The summed E-state index contributed by atoms with van der Waals surface area (Å²) < 4.78 is 18.5. The number of aromatic nitrogens is 2. The lowest BCUT2D eigenvalue weighted by atomic mass is 10.1. The smallest absolute Gasteiger partial charge is 0.252 e. The van der Waals surface area contributed by atoms with Crippen molar-refractivity contribution in [2.24, 2.45) is 11.6 Å². The van der Waals surface area contributed by atoms with Crippen molar-refractivity contribution in [1.29, 1.82) is 0 Å². The molecule has 2 heterocycles. The van der Waals surface area contributed by atoms with E-state index in [1.807, 2.05) is 6.92 Å². The fourth-order valence-electron chi connectivity index (χ4n) is 2.14. The third kappa shape index (κ3) is 4.48. The van der Waals surface area contributed by atoms with E-state index in [9.17, 15) is 14.0 Å². The lowest BCUT2D eigenvalue weighted by Gasteiger charge is -2.25. The number of carbonyl (C=O) groups excluding carboxylic acids is 2. The quantitative estimate of drug-likeness (QED) is 0.370. The Morgan fingerprint density at radius 2 is 2.24 bits per heavy atom. The second-order valence-electron chi connectivity index (χ2n) is 5.51. The summed E-state index contributed by atoms with van der Waals surface area (Å²) in [5.41, 5.74) is 6.01.